The molecule has 0 saturated carbocycles. The Morgan fingerprint density at radius 2 is 2.27 bits per heavy atom. The second-order valence-corrected chi connectivity index (χ2v) is 3.56. The van der Waals surface area contributed by atoms with Crippen molar-refractivity contribution in [3.05, 3.63) is 0 Å². The largest absolute Gasteiger partial charge is 0.382 e. The van der Waals surface area contributed by atoms with Gasteiger partial charge in [-0.2, -0.15) is 5.26 Å². The molecule has 1 atom stereocenters. The van der Waals surface area contributed by atoms with Crippen LogP contribution in [0.4, 0.5) is 0 Å². The van der Waals surface area contributed by atoms with E-state index < -0.39 is 0 Å². The van der Waals surface area contributed by atoms with Crippen molar-refractivity contribution in [2.75, 3.05) is 20.2 Å². The van der Waals surface area contributed by atoms with Crippen LogP contribution in [-0.2, 0) is 9.53 Å². The number of carbonyl (C=O) groups excluding carboxylic acids is 1. The Bertz CT molecular complexity index is 223. The number of nitrogens with zero attached hydrogens (tertiary/aromatic N) is 2. The van der Waals surface area contributed by atoms with Crippen LogP contribution in [0.25, 0.3) is 0 Å². The van der Waals surface area contributed by atoms with E-state index in [4.69, 9.17) is 10.00 Å². The van der Waals surface area contributed by atoms with Gasteiger partial charge in [-0.1, -0.05) is 6.92 Å². The van der Waals surface area contributed by atoms with Gasteiger partial charge in [0.2, 0.25) is 5.91 Å². The van der Waals surface area contributed by atoms with E-state index in [0.29, 0.717) is 19.4 Å². The highest BCUT2D eigenvalue weighted by Gasteiger charge is 2.13. The van der Waals surface area contributed by atoms with E-state index in [9.17, 15) is 4.79 Å². The molecule has 0 radical (unpaired) electrons. The summed E-state index contributed by atoms with van der Waals surface area (Å²) in [4.78, 5) is 13.3. The molecule has 15 heavy (non-hydrogen) atoms. The zero-order chi connectivity index (χ0) is 11.7. The van der Waals surface area contributed by atoms with Gasteiger partial charge >= 0.3 is 0 Å². The van der Waals surface area contributed by atoms with Crippen molar-refractivity contribution in [2.24, 2.45) is 0 Å². The molecule has 0 aromatic heterocycles. The third-order valence-electron chi connectivity index (χ3n) is 2.27. The molecule has 4 nitrogen and oxygen atoms in total. The van der Waals surface area contributed by atoms with Crippen LogP contribution in [0.1, 0.15) is 33.1 Å². The summed E-state index contributed by atoms with van der Waals surface area (Å²) >= 11 is 0. The van der Waals surface area contributed by atoms with Crippen LogP contribution in [-0.4, -0.2) is 37.1 Å². The molecule has 0 spiro atoms. The van der Waals surface area contributed by atoms with Gasteiger partial charge in [-0.05, 0) is 19.8 Å². The predicted molar refractivity (Wildman–Crippen MR) is 58.2 cm³/mol. The molecule has 0 aromatic rings. The van der Waals surface area contributed by atoms with Crippen molar-refractivity contribution in [1.29, 1.82) is 5.26 Å². The Labute approximate surface area is 91.8 Å². The highest BCUT2D eigenvalue weighted by atomic mass is 16.5. The maximum absolute atomic E-state index is 11.7. The van der Waals surface area contributed by atoms with Crippen molar-refractivity contribution in [3.63, 3.8) is 0 Å². The summed E-state index contributed by atoms with van der Waals surface area (Å²) in [6.45, 7) is 4.78. The van der Waals surface area contributed by atoms with Crippen LogP contribution in [0.15, 0.2) is 0 Å². The monoisotopic (exact) mass is 212 g/mol. The van der Waals surface area contributed by atoms with Crippen LogP contribution in [0, 0.1) is 11.3 Å². The van der Waals surface area contributed by atoms with Crippen molar-refractivity contribution in [2.45, 2.75) is 39.2 Å². The number of carbonyl (C=O) groups is 1. The van der Waals surface area contributed by atoms with E-state index in [2.05, 4.69) is 0 Å². The topological polar surface area (TPSA) is 53.3 Å². The second-order valence-electron chi connectivity index (χ2n) is 3.56. The molecule has 0 rings (SSSR count). The molecule has 0 aliphatic heterocycles. The lowest BCUT2D eigenvalue weighted by Gasteiger charge is -2.19. The minimum atomic E-state index is 0.0438. The summed E-state index contributed by atoms with van der Waals surface area (Å²) in [5, 5.41) is 8.57. The van der Waals surface area contributed by atoms with E-state index in [1.54, 1.807) is 12.0 Å². The third-order valence-corrected chi connectivity index (χ3v) is 2.27. The fourth-order valence-corrected chi connectivity index (χ4v) is 1.25. The van der Waals surface area contributed by atoms with Gasteiger partial charge in [-0.3, -0.25) is 4.79 Å². The maximum Gasteiger partial charge on any atom is 0.223 e. The number of rotatable bonds is 7. The van der Waals surface area contributed by atoms with E-state index in [-0.39, 0.29) is 18.6 Å². The highest BCUT2D eigenvalue weighted by molar-refractivity contribution is 5.76. The molecule has 4 heteroatoms. The lowest BCUT2D eigenvalue weighted by Crippen LogP contribution is -2.32. The first-order valence-corrected chi connectivity index (χ1v) is 5.33. The number of methoxy groups -OCH3 is 1. The lowest BCUT2D eigenvalue weighted by atomic mass is 10.2. The van der Waals surface area contributed by atoms with Gasteiger partial charge in [0.05, 0.1) is 12.2 Å². The first-order valence-electron chi connectivity index (χ1n) is 5.33. The maximum atomic E-state index is 11.7. The quantitative estimate of drug-likeness (QED) is 0.602. The summed E-state index contributed by atoms with van der Waals surface area (Å²) in [5.74, 6) is 0.0438. The summed E-state index contributed by atoms with van der Waals surface area (Å²) in [6.07, 6.45) is 2.14. The summed E-state index contributed by atoms with van der Waals surface area (Å²) in [5.41, 5.74) is 0. The molecule has 0 aliphatic rings. The molecule has 0 aliphatic carbocycles. The summed E-state index contributed by atoms with van der Waals surface area (Å²) in [7, 11) is 1.63. The highest BCUT2D eigenvalue weighted by Crippen LogP contribution is 2.04. The minimum absolute atomic E-state index is 0.0438. The number of ether oxygens (including phenoxy) is 1. The number of nitriles is 1. The van der Waals surface area contributed by atoms with Gasteiger partial charge in [-0.15, -0.1) is 0 Å². The second kappa shape index (κ2) is 8.25. The molecule has 0 heterocycles. The van der Waals surface area contributed by atoms with Gasteiger partial charge in [0.15, 0.2) is 0 Å². The van der Waals surface area contributed by atoms with Crippen LogP contribution >= 0.6 is 0 Å². The van der Waals surface area contributed by atoms with E-state index in [0.717, 1.165) is 6.42 Å². The molecule has 0 N–H and O–H groups in total. The SMILES string of the molecule is CCCN(CC#N)C(=O)CCC(C)OC. The average Bonchev–Trinajstić information content (AvgIpc) is 2.25. The smallest absolute Gasteiger partial charge is 0.223 e. The van der Waals surface area contributed by atoms with E-state index in [1.165, 1.54) is 0 Å². The van der Waals surface area contributed by atoms with Crippen LogP contribution < -0.4 is 0 Å². The third kappa shape index (κ3) is 6.08. The summed E-state index contributed by atoms with van der Waals surface area (Å²) in [6, 6.07) is 2.01. The van der Waals surface area contributed by atoms with Gasteiger partial charge in [0.25, 0.3) is 0 Å². The average molecular weight is 212 g/mol. The first-order chi connectivity index (χ1) is 7.15. The molecule has 0 aromatic carbocycles. The zero-order valence-electron chi connectivity index (χ0n) is 9.82. The Kier molecular flexibility index (Phi) is 7.65. The van der Waals surface area contributed by atoms with E-state index in [1.807, 2.05) is 19.9 Å². The number of amides is 1. The van der Waals surface area contributed by atoms with Gasteiger partial charge in [0.1, 0.15) is 6.54 Å². The molecule has 0 bridgehead atoms. The normalized spacial score (nSPS) is 11.9. The Morgan fingerprint density at radius 1 is 1.60 bits per heavy atom. The molecular formula is C11H20N2O2. The molecule has 1 amide bonds. The van der Waals surface area contributed by atoms with Gasteiger partial charge in [0, 0.05) is 20.1 Å². The minimum Gasteiger partial charge on any atom is -0.382 e. The van der Waals surface area contributed by atoms with Crippen LogP contribution in [0.5, 0.6) is 0 Å². The Morgan fingerprint density at radius 3 is 2.73 bits per heavy atom. The Hall–Kier alpha value is -1.08. The molecular weight excluding hydrogens is 192 g/mol. The molecule has 1 unspecified atom stereocenters. The van der Waals surface area contributed by atoms with Crippen LogP contribution in [0.3, 0.4) is 0 Å². The standard InChI is InChI=1S/C11H20N2O2/c1-4-8-13(9-7-12)11(14)6-5-10(2)15-3/h10H,4-6,8-9H2,1-3H3. The molecule has 86 valence electrons. The van der Waals surface area contributed by atoms with Gasteiger partial charge < -0.3 is 9.64 Å². The van der Waals surface area contributed by atoms with E-state index >= 15 is 0 Å². The number of hydrogen-bond donors (Lipinski definition) is 0. The van der Waals surface area contributed by atoms with Gasteiger partial charge in [-0.25, -0.2) is 0 Å². The van der Waals surface area contributed by atoms with Crippen molar-refractivity contribution >= 4 is 5.91 Å². The summed E-state index contributed by atoms with van der Waals surface area (Å²) < 4.78 is 5.06. The molecule has 0 saturated heterocycles. The lowest BCUT2D eigenvalue weighted by molar-refractivity contribution is -0.131. The fourth-order valence-electron chi connectivity index (χ4n) is 1.25. The predicted octanol–water partition coefficient (Wildman–Crippen LogP) is 1.56. The van der Waals surface area contributed by atoms with Crippen molar-refractivity contribution in [3.8, 4) is 6.07 Å². The number of hydrogen-bond acceptors (Lipinski definition) is 3. The first kappa shape index (κ1) is 13.9. The zero-order valence-corrected chi connectivity index (χ0v) is 9.82. The van der Waals surface area contributed by atoms with Crippen molar-refractivity contribution < 1.29 is 9.53 Å². The molecule has 0 fully saturated rings. The fraction of sp³-hybridized carbons (Fsp3) is 0.818. The van der Waals surface area contributed by atoms with Crippen LogP contribution in [0.2, 0.25) is 0 Å². The van der Waals surface area contributed by atoms with Crippen molar-refractivity contribution in [1.82, 2.24) is 4.90 Å². The Balaban J connectivity index is 3.97.